The van der Waals surface area contributed by atoms with Gasteiger partial charge in [-0.1, -0.05) is 30.3 Å². The molecule has 1 aliphatic heterocycles. The van der Waals surface area contributed by atoms with Crippen LogP contribution in [-0.2, 0) is 27.9 Å². The first-order valence-electron chi connectivity index (χ1n) is 10.9. The van der Waals surface area contributed by atoms with E-state index >= 15 is 0 Å². The van der Waals surface area contributed by atoms with Crippen molar-refractivity contribution in [1.29, 1.82) is 0 Å². The van der Waals surface area contributed by atoms with Crippen LogP contribution in [0.15, 0.2) is 42.5 Å². The molecule has 3 rings (SSSR count). The lowest BCUT2D eigenvalue weighted by molar-refractivity contribution is -0.122. The SMILES string of the molecule is COc1ccc(C)cc1N([C@H](C)C(=O)NCc1ccc(CN2CCCC2)cc1)S(C)(=O)=O. The maximum atomic E-state index is 12.9. The van der Waals surface area contributed by atoms with E-state index in [0.717, 1.165) is 41.3 Å². The fourth-order valence-corrected chi connectivity index (χ4v) is 5.22. The molecule has 0 bridgehead atoms. The van der Waals surface area contributed by atoms with E-state index in [2.05, 4.69) is 22.3 Å². The van der Waals surface area contributed by atoms with Crippen molar-refractivity contribution < 1.29 is 17.9 Å². The third-order valence-corrected chi connectivity index (χ3v) is 6.98. The van der Waals surface area contributed by atoms with E-state index < -0.39 is 16.1 Å². The van der Waals surface area contributed by atoms with Gasteiger partial charge in [0, 0.05) is 13.1 Å². The van der Waals surface area contributed by atoms with Crippen LogP contribution in [0.4, 0.5) is 5.69 Å². The van der Waals surface area contributed by atoms with Crippen LogP contribution >= 0.6 is 0 Å². The molecule has 7 nitrogen and oxygen atoms in total. The standard InChI is InChI=1S/C24H33N3O4S/c1-18-7-12-23(31-3)22(15-18)27(32(4,29)30)19(2)24(28)25-16-20-8-10-21(11-9-20)17-26-13-5-6-14-26/h7-12,15,19H,5-6,13-14,16-17H2,1-4H3,(H,25,28)/t19-/m1/s1. The normalized spacial score (nSPS) is 15.4. The van der Waals surface area contributed by atoms with Gasteiger partial charge in [0.1, 0.15) is 11.8 Å². The lowest BCUT2D eigenvalue weighted by atomic mass is 10.1. The largest absolute Gasteiger partial charge is 0.495 e. The fourth-order valence-electron chi connectivity index (χ4n) is 4.05. The van der Waals surface area contributed by atoms with Crippen molar-refractivity contribution in [3.05, 3.63) is 59.2 Å². The molecule has 1 heterocycles. The van der Waals surface area contributed by atoms with Gasteiger partial charge in [-0.15, -0.1) is 0 Å². The van der Waals surface area contributed by atoms with Crippen molar-refractivity contribution in [1.82, 2.24) is 10.2 Å². The molecule has 1 saturated heterocycles. The number of rotatable bonds is 9. The Morgan fingerprint density at radius 1 is 1.12 bits per heavy atom. The van der Waals surface area contributed by atoms with E-state index in [1.54, 1.807) is 19.1 Å². The molecular formula is C24H33N3O4S. The maximum Gasteiger partial charge on any atom is 0.243 e. The number of amides is 1. The van der Waals surface area contributed by atoms with Gasteiger partial charge in [-0.3, -0.25) is 14.0 Å². The van der Waals surface area contributed by atoms with Gasteiger partial charge in [-0.05, 0) is 68.6 Å². The molecule has 2 aromatic rings. The highest BCUT2D eigenvalue weighted by atomic mass is 32.2. The predicted octanol–water partition coefficient (Wildman–Crippen LogP) is 3.07. The topological polar surface area (TPSA) is 79.0 Å². The second-order valence-corrected chi connectivity index (χ2v) is 10.3. The molecule has 0 spiro atoms. The molecule has 0 aromatic heterocycles. The monoisotopic (exact) mass is 459 g/mol. The summed E-state index contributed by atoms with van der Waals surface area (Å²) in [7, 11) is -2.24. The lowest BCUT2D eigenvalue weighted by Gasteiger charge is -2.29. The van der Waals surface area contributed by atoms with Crippen molar-refractivity contribution in [3.8, 4) is 5.75 Å². The molecule has 2 aromatic carbocycles. The Morgan fingerprint density at radius 2 is 1.75 bits per heavy atom. The second kappa shape index (κ2) is 10.4. The molecule has 0 saturated carbocycles. The number of ether oxygens (including phenoxy) is 1. The van der Waals surface area contributed by atoms with E-state index in [0.29, 0.717) is 18.0 Å². The highest BCUT2D eigenvalue weighted by Gasteiger charge is 2.31. The fraction of sp³-hybridized carbons (Fsp3) is 0.458. The first-order chi connectivity index (χ1) is 15.2. The molecule has 0 unspecified atom stereocenters. The molecule has 174 valence electrons. The van der Waals surface area contributed by atoms with Crippen LogP contribution in [0.25, 0.3) is 0 Å². The Labute approximate surface area is 191 Å². The Morgan fingerprint density at radius 3 is 2.34 bits per heavy atom. The number of nitrogens with zero attached hydrogens (tertiary/aromatic N) is 2. The predicted molar refractivity (Wildman–Crippen MR) is 127 cm³/mol. The molecule has 0 radical (unpaired) electrons. The first-order valence-corrected chi connectivity index (χ1v) is 12.8. The Bertz CT molecular complexity index is 1030. The van der Waals surface area contributed by atoms with Crippen molar-refractivity contribution in [3.63, 3.8) is 0 Å². The number of carbonyl (C=O) groups is 1. The number of carbonyl (C=O) groups excluding carboxylic acids is 1. The van der Waals surface area contributed by atoms with Gasteiger partial charge in [0.15, 0.2) is 0 Å². The van der Waals surface area contributed by atoms with Crippen LogP contribution in [0, 0.1) is 6.92 Å². The molecule has 0 aliphatic carbocycles. The van der Waals surface area contributed by atoms with Crippen molar-refractivity contribution in [2.75, 3.05) is 30.8 Å². The number of nitrogens with one attached hydrogen (secondary N) is 1. The summed E-state index contributed by atoms with van der Waals surface area (Å²) in [6.45, 7) is 7.02. The number of hydrogen-bond acceptors (Lipinski definition) is 5. The van der Waals surface area contributed by atoms with Crippen molar-refractivity contribution in [2.45, 2.75) is 45.8 Å². The minimum absolute atomic E-state index is 0.329. The van der Waals surface area contributed by atoms with E-state index in [4.69, 9.17) is 4.74 Å². The van der Waals surface area contributed by atoms with Crippen LogP contribution in [-0.4, -0.2) is 51.7 Å². The van der Waals surface area contributed by atoms with E-state index in [-0.39, 0.29) is 5.91 Å². The number of methoxy groups -OCH3 is 1. The summed E-state index contributed by atoms with van der Waals surface area (Å²) in [4.78, 5) is 15.3. The Hall–Kier alpha value is -2.58. The zero-order valence-electron chi connectivity index (χ0n) is 19.3. The molecule has 32 heavy (non-hydrogen) atoms. The first kappa shape index (κ1) is 24.1. The molecular weight excluding hydrogens is 426 g/mol. The highest BCUT2D eigenvalue weighted by molar-refractivity contribution is 7.92. The van der Waals surface area contributed by atoms with Gasteiger partial charge < -0.3 is 10.1 Å². The van der Waals surface area contributed by atoms with E-state index in [1.807, 2.05) is 25.1 Å². The molecule has 1 amide bonds. The number of anilines is 1. The smallest absolute Gasteiger partial charge is 0.243 e. The van der Waals surface area contributed by atoms with Crippen molar-refractivity contribution in [2.24, 2.45) is 0 Å². The number of likely N-dealkylation sites (tertiary alicyclic amines) is 1. The van der Waals surface area contributed by atoms with Crippen molar-refractivity contribution >= 4 is 21.6 Å². The van der Waals surface area contributed by atoms with Crippen LogP contribution < -0.4 is 14.4 Å². The molecule has 1 N–H and O–H groups in total. The minimum atomic E-state index is -3.72. The average Bonchev–Trinajstić information content (AvgIpc) is 3.25. The third kappa shape index (κ3) is 6.01. The summed E-state index contributed by atoms with van der Waals surface area (Å²) in [6, 6.07) is 12.5. The zero-order chi connectivity index (χ0) is 23.3. The number of benzene rings is 2. The quantitative estimate of drug-likeness (QED) is 0.624. The number of sulfonamides is 1. The summed E-state index contributed by atoms with van der Waals surface area (Å²) in [6.07, 6.45) is 3.63. The number of hydrogen-bond donors (Lipinski definition) is 1. The van der Waals surface area contributed by atoms with Gasteiger partial charge in [-0.2, -0.15) is 0 Å². The maximum absolute atomic E-state index is 12.9. The molecule has 1 atom stereocenters. The summed E-state index contributed by atoms with van der Waals surface area (Å²) in [5.41, 5.74) is 3.44. The van der Waals surface area contributed by atoms with Gasteiger partial charge >= 0.3 is 0 Å². The Kier molecular flexibility index (Phi) is 7.79. The van der Waals surface area contributed by atoms with Gasteiger partial charge in [0.05, 0.1) is 19.1 Å². The molecule has 1 aliphatic rings. The van der Waals surface area contributed by atoms with E-state index in [9.17, 15) is 13.2 Å². The molecule has 8 heteroatoms. The van der Waals surface area contributed by atoms with Crippen LogP contribution in [0.3, 0.4) is 0 Å². The lowest BCUT2D eigenvalue weighted by Crippen LogP contribution is -2.47. The minimum Gasteiger partial charge on any atom is -0.495 e. The van der Waals surface area contributed by atoms with E-state index in [1.165, 1.54) is 25.5 Å². The second-order valence-electron chi connectivity index (χ2n) is 8.43. The summed E-state index contributed by atoms with van der Waals surface area (Å²) in [5, 5.41) is 2.87. The van der Waals surface area contributed by atoms with Crippen LogP contribution in [0.1, 0.15) is 36.5 Å². The summed E-state index contributed by atoms with van der Waals surface area (Å²) in [5.74, 6) is 0.0226. The summed E-state index contributed by atoms with van der Waals surface area (Å²) < 4.78 is 31.7. The van der Waals surface area contributed by atoms with Gasteiger partial charge in [0.2, 0.25) is 15.9 Å². The highest BCUT2D eigenvalue weighted by Crippen LogP contribution is 2.32. The van der Waals surface area contributed by atoms with Gasteiger partial charge in [0.25, 0.3) is 0 Å². The molecule has 1 fully saturated rings. The zero-order valence-corrected chi connectivity index (χ0v) is 20.1. The third-order valence-electron chi connectivity index (χ3n) is 5.75. The average molecular weight is 460 g/mol. The Balaban J connectivity index is 1.68. The summed E-state index contributed by atoms with van der Waals surface area (Å²) >= 11 is 0. The van der Waals surface area contributed by atoms with Gasteiger partial charge in [-0.25, -0.2) is 8.42 Å². The van der Waals surface area contributed by atoms with Crippen LogP contribution in [0.5, 0.6) is 5.75 Å². The number of aryl methyl sites for hydroxylation is 1. The van der Waals surface area contributed by atoms with Crippen LogP contribution in [0.2, 0.25) is 0 Å².